The van der Waals surface area contributed by atoms with E-state index in [0.717, 1.165) is 63.7 Å². The van der Waals surface area contributed by atoms with Crippen molar-refractivity contribution < 1.29 is 14.2 Å². The summed E-state index contributed by atoms with van der Waals surface area (Å²) in [6.07, 6.45) is 1.12. The van der Waals surface area contributed by atoms with E-state index in [1.165, 1.54) is 0 Å². The molecule has 1 aliphatic rings. The second-order valence-electron chi connectivity index (χ2n) is 5.51. The van der Waals surface area contributed by atoms with Crippen LogP contribution in [0.3, 0.4) is 0 Å². The van der Waals surface area contributed by atoms with Crippen molar-refractivity contribution in [3.8, 4) is 11.5 Å². The number of hydrogen-bond acceptors (Lipinski definition) is 5. The highest BCUT2D eigenvalue weighted by Crippen LogP contribution is 2.33. The number of nitrogens with one attached hydrogen (secondary N) is 1. The van der Waals surface area contributed by atoms with Crippen LogP contribution in [0.15, 0.2) is 12.1 Å². The van der Waals surface area contributed by atoms with Crippen molar-refractivity contribution in [3.05, 3.63) is 22.7 Å². The Morgan fingerprint density at radius 3 is 2.74 bits per heavy atom. The van der Waals surface area contributed by atoms with Crippen LogP contribution in [-0.4, -0.2) is 58.0 Å². The zero-order valence-corrected chi connectivity index (χ0v) is 14.8. The minimum absolute atomic E-state index is 0.602. The summed E-state index contributed by atoms with van der Waals surface area (Å²) in [5.41, 5.74) is 1.03. The lowest BCUT2D eigenvalue weighted by molar-refractivity contribution is 0.0374. The predicted molar refractivity (Wildman–Crippen MR) is 92.8 cm³/mol. The van der Waals surface area contributed by atoms with Crippen molar-refractivity contribution in [1.29, 1.82) is 0 Å². The molecule has 1 aromatic carbocycles. The molecule has 0 saturated carbocycles. The SMILES string of the molecule is CCOc1cc(CNCCCN2CCOCC2)c(Cl)cc1OC. The molecular formula is C17H27ClN2O3. The van der Waals surface area contributed by atoms with Gasteiger partial charge in [0.05, 0.1) is 26.9 Å². The lowest BCUT2D eigenvalue weighted by Crippen LogP contribution is -2.37. The van der Waals surface area contributed by atoms with Crippen molar-refractivity contribution in [2.24, 2.45) is 0 Å². The van der Waals surface area contributed by atoms with Crippen LogP contribution in [0.5, 0.6) is 11.5 Å². The summed E-state index contributed by atoms with van der Waals surface area (Å²) < 4.78 is 16.3. The third-order valence-corrected chi connectivity index (χ3v) is 4.23. The van der Waals surface area contributed by atoms with Gasteiger partial charge in [0.1, 0.15) is 0 Å². The molecule has 2 rings (SSSR count). The van der Waals surface area contributed by atoms with E-state index in [9.17, 15) is 0 Å². The molecule has 1 N–H and O–H groups in total. The lowest BCUT2D eigenvalue weighted by Gasteiger charge is -2.26. The highest BCUT2D eigenvalue weighted by atomic mass is 35.5. The molecule has 1 aliphatic heterocycles. The van der Waals surface area contributed by atoms with Gasteiger partial charge in [-0.25, -0.2) is 0 Å². The highest BCUT2D eigenvalue weighted by molar-refractivity contribution is 6.31. The molecule has 0 unspecified atom stereocenters. The van der Waals surface area contributed by atoms with Crippen LogP contribution in [0.2, 0.25) is 5.02 Å². The smallest absolute Gasteiger partial charge is 0.162 e. The van der Waals surface area contributed by atoms with Gasteiger partial charge in [0, 0.05) is 30.7 Å². The van der Waals surface area contributed by atoms with E-state index in [4.69, 9.17) is 25.8 Å². The number of benzene rings is 1. The minimum Gasteiger partial charge on any atom is -0.493 e. The van der Waals surface area contributed by atoms with Gasteiger partial charge in [0.15, 0.2) is 11.5 Å². The maximum atomic E-state index is 6.32. The monoisotopic (exact) mass is 342 g/mol. The molecule has 1 heterocycles. The minimum atomic E-state index is 0.602. The number of ether oxygens (including phenoxy) is 3. The largest absolute Gasteiger partial charge is 0.493 e. The lowest BCUT2D eigenvalue weighted by atomic mass is 10.2. The fourth-order valence-corrected chi connectivity index (χ4v) is 2.84. The van der Waals surface area contributed by atoms with Gasteiger partial charge in [-0.1, -0.05) is 11.6 Å². The van der Waals surface area contributed by atoms with Crippen molar-refractivity contribution in [2.75, 3.05) is 53.1 Å². The van der Waals surface area contributed by atoms with Crippen LogP contribution in [0.25, 0.3) is 0 Å². The van der Waals surface area contributed by atoms with E-state index < -0.39 is 0 Å². The molecule has 0 spiro atoms. The van der Waals surface area contributed by atoms with Gasteiger partial charge in [-0.15, -0.1) is 0 Å². The first-order chi connectivity index (χ1) is 11.2. The quantitative estimate of drug-likeness (QED) is 0.699. The summed E-state index contributed by atoms with van der Waals surface area (Å²) in [5.74, 6) is 1.41. The average Bonchev–Trinajstić information content (AvgIpc) is 2.58. The van der Waals surface area contributed by atoms with Gasteiger partial charge in [0.25, 0.3) is 0 Å². The number of rotatable bonds is 9. The molecule has 0 atom stereocenters. The summed E-state index contributed by atoms with van der Waals surface area (Å²) in [5, 5.41) is 4.15. The molecule has 0 amide bonds. The predicted octanol–water partition coefficient (Wildman–Crippen LogP) is 2.56. The van der Waals surface area contributed by atoms with Crippen molar-refractivity contribution in [2.45, 2.75) is 19.9 Å². The fourth-order valence-electron chi connectivity index (χ4n) is 2.62. The topological polar surface area (TPSA) is 43.0 Å². The van der Waals surface area contributed by atoms with Crippen molar-refractivity contribution >= 4 is 11.6 Å². The van der Waals surface area contributed by atoms with Gasteiger partial charge in [-0.3, -0.25) is 4.90 Å². The van der Waals surface area contributed by atoms with E-state index in [2.05, 4.69) is 10.2 Å². The third kappa shape index (κ3) is 5.84. The van der Waals surface area contributed by atoms with Crippen LogP contribution < -0.4 is 14.8 Å². The summed E-state index contributed by atoms with van der Waals surface area (Å²) >= 11 is 6.32. The Balaban J connectivity index is 1.77. The van der Waals surface area contributed by atoms with Crippen molar-refractivity contribution in [1.82, 2.24) is 10.2 Å². The Hall–Kier alpha value is -1.01. The van der Waals surface area contributed by atoms with Crippen LogP contribution in [0, 0.1) is 0 Å². The van der Waals surface area contributed by atoms with E-state index >= 15 is 0 Å². The molecule has 6 heteroatoms. The summed E-state index contributed by atoms with van der Waals surface area (Å²) in [4.78, 5) is 2.44. The molecule has 1 fully saturated rings. The molecular weight excluding hydrogens is 316 g/mol. The molecule has 1 aromatic rings. The van der Waals surface area contributed by atoms with Crippen LogP contribution in [-0.2, 0) is 11.3 Å². The summed E-state index contributed by atoms with van der Waals surface area (Å²) in [6.45, 7) is 9.16. The molecule has 1 saturated heterocycles. The Bertz CT molecular complexity index is 479. The second kappa shape index (κ2) is 9.98. The Morgan fingerprint density at radius 1 is 1.26 bits per heavy atom. The normalized spacial score (nSPS) is 15.6. The van der Waals surface area contributed by atoms with Crippen molar-refractivity contribution in [3.63, 3.8) is 0 Å². The maximum absolute atomic E-state index is 6.32. The van der Waals surface area contributed by atoms with Crippen LogP contribution in [0.4, 0.5) is 0 Å². The Labute approximate surface area is 143 Å². The molecule has 0 bridgehead atoms. The van der Waals surface area contributed by atoms with Gasteiger partial charge >= 0.3 is 0 Å². The number of morpholine rings is 1. The summed E-state index contributed by atoms with van der Waals surface area (Å²) in [7, 11) is 1.62. The van der Waals surface area contributed by atoms with Crippen LogP contribution >= 0.6 is 11.6 Å². The highest BCUT2D eigenvalue weighted by Gasteiger charge is 2.11. The molecule has 0 aliphatic carbocycles. The number of halogens is 1. The third-order valence-electron chi connectivity index (χ3n) is 3.88. The zero-order chi connectivity index (χ0) is 16.5. The van der Waals surface area contributed by atoms with E-state index in [1.54, 1.807) is 7.11 Å². The Morgan fingerprint density at radius 2 is 2.04 bits per heavy atom. The number of hydrogen-bond donors (Lipinski definition) is 1. The van der Waals surface area contributed by atoms with Crippen LogP contribution in [0.1, 0.15) is 18.9 Å². The average molecular weight is 343 g/mol. The standard InChI is InChI=1S/C17H27ClN2O3/c1-3-23-17-11-14(15(18)12-16(17)21-2)13-19-5-4-6-20-7-9-22-10-8-20/h11-12,19H,3-10,13H2,1-2H3. The first kappa shape index (κ1) is 18.3. The first-order valence-corrected chi connectivity index (χ1v) is 8.62. The van der Waals surface area contributed by atoms with Gasteiger partial charge in [0.2, 0.25) is 0 Å². The number of nitrogens with zero attached hydrogens (tertiary/aromatic N) is 1. The van der Waals surface area contributed by atoms with Gasteiger partial charge in [-0.2, -0.15) is 0 Å². The molecule has 0 radical (unpaired) electrons. The fraction of sp³-hybridized carbons (Fsp3) is 0.647. The van der Waals surface area contributed by atoms with Gasteiger partial charge < -0.3 is 19.5 Å². The maximum Gasteiger partial charge on any atom is 0.162 e. The molecule has 0 aromatic heterocycles. The van der Waals surface area contributed by atoms with E-state index in [0.29, 0.717) is 17.4 Å². The number of methoxy groups -OCH3 is 1. The molecule has 130 valence electrons. The Kier molecular flexibility index (Phi) is 7.95. The molecule has 5 nitrogen and oxygen atoms in total. The van der Waals surface area contributed by atoms with E-state index in [-0.39, 0.29) is 0 Å². The molecule has 23 heavy (non-hydrogen) atoms. The first-order valence-electron chi connectivity index (χ1n) is 8.24. The van der Waals surface area contributed by atoms with Gasteiger partial charge in [-0.05, 0) is 38.1 Å². The zero-order valence-electron chi connectivity index (χ0n) is 14.1. The summed E-state index contributed by atoms with van der Waals surface area (Å²) in [6, 6.07) is 3.77. The second-order valence-corrected chi connectivity index (χ2v) is 5.92. The van der Waals surface area contributed by atoms with E-state index in [1.807, 2.05) is 19.1 Å².